The molecule has 1 aromatic carbocycles. The van der Waals surface area contributed by atoms with E-state index in [0.717, 1.165) is 15.3 Å². The van der Waals surface area contributed by atoms with Gasteiger partial charge in [-0.15, -0.1) is 11.3 Å². The monoisotopic (exact) mass is 523 g/mol. The number of pyridine rings is 1. The summed E-state index contributed by atoms with van der Waals surface area (Å²) in [5, 5.41) is 17.7. The Morgan fingerprint density at radius 2 is 2.00 bits per heavy atom. The molecular formula is C27H26ClN3O4S. The Hall–Kier alpha value is -3.17. The van der Waals surface area contributed by atoms with Gasteiger partial charge in [0.05, 0.1) is 5.39 Å². The topological polar surface area (TPSA) is 92.6 Å². The van der Waals surface area contributed by atoms with Crippen molar-refractivity contribution in [1.82, 2.24) is 15.2 Å². The van der Waals surface area contributed by atoms with Crippen LogP contribution in [0.4, 0.5) is 0 Å². The smallest absolute Gasteiger partial charge is 0.257 e. The minimum absolute atomic E-state index is 0.0460. The van der Waals surface area contributed by atoms with E-state index in [2.05, 4.69) is 16.7 Å². The number of rotatable bonds is 8. The number of amides is 1. The number of nitrogens with zero attached hydrogens (tertiary/aromatic N) is 1. The van der Waals surface area contributed by atoms with Crippen LogP contribution in [0.2, 0.25) is 5.02 Å². The minimum atomic E-state index is -0.756. The highest BCUT2D eigenvalue weighted by Crippen LogP contribution is 2.29. The number of aliphatic hydroxyl groups is 1. The maximum absolute atomic E-state index is 13.1. The summed E-state index contributed by atoms with van der Waals surface area (Å²) in [4.78, 5) is 27.6. The van der Waals surface area contributed by atoms with Gasteiger partial charge in [0.25, 0.3) is 5.91 Å². The number of allylic oxidation sites excluding steroid dienone is 2. The predicted octanol–water partition coefficient (Wildman–Crippen LogP) is 3.66. The number of aromatic nitrogens is 1. The van der Waals surface area contributed by atoms with Crippen molar-refractivity contribution in [2.75, 3.05) is 6.54 Å². The number of hydrogen-bond donors (Lipinski definition) is 3. The summed E-state index contributed by atoms with van der Waals surface area (Å²) in [6, 6.07) is 8.98. The van der Waals surface area contributed by atoms with E-state index in [0.29, 0.717) is 35.8 Å². The SMILES string of the molecule is Cn1cc(C(=O)NCc2ccc(Cl)cc2)c(=O)c2cc(CNCC(O)C3=CC4C=CC=CC4O3)sc21. The van der Waals surface area contributed by atoms with E-state index in [1.54, 1.807) is 22.9 Å². The van der Waals surface area contributed by atoms with Gasteiger partial charge in [-0.25, -0.2) is 0 Å². The van der Waals surface area contributed by atoms with E-state index in [1.165, 1.54) is 11.3 Å². The average molecular weight is 524 g/mol. The first-order chi connectivity index (χ1) is 17.4. The first-order valence-electron chi connectivity index (χ1n) is 11.7. The van der Waals surface area contributed by atoms with E-state index in [1.807, 2.05) is 49.6 Å². The molecule has 0 fully saturated rings. The first kappa shape index (κ1) is 24.5. The first-order valence-corrected chi connectivity index (χ1v) is 12.9. The maximum atomic E-state index is 13.1. The van der Waals surface area contributed by atoms with E-state index in [4.69, 9.17) is 16.3 Å². The van der Waals surface area contributed by atoms with Crippen molar-refractivity contribution in [2.45, 2.75) is 25.3 Å². The van der Waals surface area contributed by atoms with Crippen LogP contribution >= 0.6 is 22.9 Å². The highest BCUT2D eigenvalue weighted by atomic mass is 35.5. The van der Waals surface area contributed by atoms with Gasteiger partial charge >= 0.3 is 0 Å². The van der Waals surface area contributed by atoms with Gasteiger partial charge in [-0.1, -0.05) is 42.0 Å². The maximum Gasteiger partial charge on any atom is 0.257 e. The molecular weight excluding hydrogens is 498 g/mol. The Kier molecular flexibility index (Phi) is 7.11. The number of benzene rings is 1. The summed E-state index contributed by atoms with van der Waals surface area (Å²) in [7, 11) is 1.82. The van der Waals surface area contributed by atoms with Gasteiger partial charge in [-0.05, 0) is 35.9 Å². The van der Waals surface area contributed by atoms with E-state index in [-0.39, 0.29) is 23.0 Å². The Morgan fingerprint density at radius 3 is 2.78 bits per heavy atom. The molecule has 0 saturated heterocycles. The van der Waals surface area contributed by atoms with Crippen LogP contribution in [0, 0.1) is 5.92 Å². The molecule has 3 atom stereocenters. The number of thiophene rings is 1. The number of carbonyl (C=O) groups is 1. The van der Waals surface area contributed by atoms with Crippen molar-refractivity contribution >= 4 is 39.1 Å². The molecule has 5 rings (SSSR count). The molecule has 9 heteroatoms. The second-order valence-corrected chi connectivity index (χ2v) is 10.4. The second kappa shape index (κ2) is 10.4. The molecule has 3 aromatic rings. The van der Waals surface area contributed by atoms with Crippen LogP contribution in [0.25, 0.3) is 10.2 Å². The van der Waals surface area contributed by atoms with Gasteiger partial charge in [0, 0.05) is 48.7 Å². The Bertz CT molecular complexity index is 1440. The normalized spacial score (nSPS) is 19.1. The average Bonchev–Trinajstić information content (AvgIpc) is 3.51. The molecule has 0 spiro atoms. The van der Waals surface area contributed by atoms with Crippen molar-refractivity contribution in [3.8, 4) is 0 Å². The molecule has 186 valence electrons. The quantitative estimate of drug-likeness (QED) is 0.419. The molecule has 3 unspecified atom stereocenters. The second-order valence-electron chi connectivity index (χ2n) is 8.87. The molecule has 3 N–H and O–H groups in total. The third kappa shape index (κ3) is 5.17. The van der Waals surface area contributed by atoms with Gasteiger partial charge in [-0.2, -0.15) is 0 Å². The Labute approximate surface area is 217 Å². The summed E-state index contributed by atoms with van der Waals surface area (Å²) >= 11 is 7.39. The lowest BCUT2D eigenvalue weighted by Gasteiger charge is -2.17. The Morgan fingerprint density at radius 1 is 1.22 bits per heavy atom. The van der Waals surface area contributed by atoms with Gasteiger partial charge in [-0.3, -0.25) is 9.59 Å². The van der Waals surface area contributed by atoms with E-state index >= 15 is 0 Å². The molecule has 3 heterocycles. The van der Waals surface area contributed by atoms with Crippen LogP contribution < -0.4 is 16.1 Å². The van der Waals surface area contributed by atoms with E-state index in [9.17, 15) is 14.7 Å². The molecule has 1 amide bonds. The predicted molar refractivity (Wildman–Crippen MR) is 142 cm³/mol. The number of fused-ring (bicyclic) bond motifs is 2. The number of aliphatic hydroxyl groups excluding tert-OH is 1. The van der Waals surface area contributed by atoms with Gasteiger partial charge < -0.3 is 25.0 Å². The summed E-state index contributed by atoms with van der Waals surface area (Å²) in [5.74, 6) is 0.319. The van der Waals surface area contributed by atoms with Crippen LogP contribution in [-0.4, -0.2) is 34.3 Å². The van der Waals surface area contributed by atoms with Crippen molar-refractivity contribution < 1.29 is 14.6 Å². The van der Waals surface area contributed by atoms with Gasteiger partial charge in [0.2, 0.25) is 5.43 Å². The zero-order valence-electron chi connectivity index (χ0n) is 19.6. The molecule has 1 aliphatic carbocycles. The summed E-state index contributed by atoms with van der Waals surface area (Å²) in [5.41, 5.74) is 0.691. The van der Waals surface area contributed by atoms with Crippen molar-refractivity contribution in [2.24, 2.45) is 13.0 Å². The number of aryl methyl sites for hydroxylation is 1. The number of hydrogen-bond acceptors (Lipinski definition) is 6. The van der Waals surface area contributed by atoms with Gasteiger partial charge in [0.1, 0.15) is 28.4 Å². The molecule has 2 aromatic heterocycles. The lowest BCUT2D eigenvalue weighted by atomic mass is 9.99. The standard InChI is InChI=1S/C27H26ClN3O4S/c1-31-15-21(26(34)30-12-16-6-8-18(28)9-7-16)25(33)20-11-19(36-27(20)31)13-29-14-22(32)24-10-17-4-2-3-5-23(17)35-24/h2-11,15,17,22-23,29,32H,12-14H2,1H3,(H,30,34). The van der Waals surface area contributed by atoms with E-state index < -0.39 is 12.0 Å². The molecule has 0 bridgehead atoms. The molecule has 36 heavy (non-hydrogen) atoms. The Balaban J connectivity index is 1.22. The van der Waals surface area contributed by atoms with Crippen molar-refractivity contribution in [1.29, 1.82) is 0 Å². The third-order valence-corrected chi connectivity index (χ3v) is 7.70. The van der Waals surface area contributed by atoms with Crippen LogP contribution in [-0.2, 0) is 24.9 Å². The van der Waals surface area contributed by atoms with Gasteiger partial charge in [0.15, 0.2) is 0 Å². The molecule has 0 radical (unpaired) electrons. The zero-order chi connectivity index (χ0) is 25.2. The number of halogens is 1. The van der Waals surface area contributed by atoms with Crippen LogP contribution in [0.5, 0.6) is 0 Å². The minimum Gasteiger partial charge on any atom is -0.487 e. The van der Waals surface area contributed by atoms with Crippen LogP contribution in [0.3, 0.4) is 0 Å². The fraction of sp³-hybridized carbons (Fsp3) is 0.259. The number of nitrogens with one attached hydrogen (secondary N) is 2. The third-order valence-electron chi connectivity index (χ3n) is 6.23. The summed E-state index contributed by atoms with van der Waals surface area (Å²) in [6.07, 6.45) is 10.7. The fourth-order valence-corrected chi connectivity index (χ4v) is 5.50. The molecule has 1 aliphatic heterocycles. The number of carbonyl (C=O) groups excluding carboxylic acids is 1. The lowest BCUT2D eigenvalue weighted by molar-refractivity contribution is 0.0853. The largest absolute Gasteiger partial charge is 0.487 e. The lowest BCUT2D eigenvalue weighted by Crippen LogP contribution is -2.29. The molecule has 2 aliphatic rings. The highest BCUT2D eigenvalue weighted by Gasteiger charge is 2.29. The zero-order valence-corrected chi connectivity index (χ0v) is 21.2. The van der Waals surface area contributed by atoms with Crippen molar-refractivity contribution in [3.63, 3.8) is 0 Å². The number of ether oxygens (including phenoxy) is 1. The van der Waals surface area contributed by atoms with Crippen LogP contribution in [0.15, 0.2) is 77.5 Å². The molecule has 7 nitrogen and oxygen atoms in total. The fourth-order valence-electron chi connectivity index (χ4n) is 4.32. The summed E-state index contributed by atoms with van der Waals surface area (Å²) in [6.45, 7) is 1.10. The highest BCUT2D eigenvalue weighted by molar-refractivity contribution is 7.18. The van der Waals surface area contributed by atoms with Crippen LogP contribution in [0.1, 0.15) is 20.8 Å². The molecule has 0 saturated carbocycles. The van der Waals surface area contributed by atoms with Crippen molar-refractivity contribution in [3.05, 3.63) is 104 Å². The summed E-state index contributed by atoms with van der Waals surface area (Å²) < 4.78 is 7.65.